The fourth-order valence-corrected chi connectivity index (χ4v) is 1.58. The van der Waals surface area contributed by atoms with Gasteiger partial charge in [0.1, 0.15) is 0 Å². The van der Waals surface area contributed by atoms with Crippen molar-refractivity contribution in [2.75, 3.05) is 17.2 Å². The van der Waals surface area contributed by atoms with E-state index in [9.17, 15) is 9.59 Å². The fraction of sp³-hybridized carbons (Fsp3) is 0.429. The lowest BCUT2D eigenvalue weighted by Gasteiger charge is -2.11. The van der Waals surface area contributed by atoms with Crippen molar-refractivity contribution in [3.8, 4) is 0 Å². The van der Waals surface area contributed by atoms with Crippen molar-refractivity contribution in [2.45, 2.75) is 33.6 Å². The Bertz CT molecular complexity index is 458. The van der Waals surface area contributed by atoms with E-state index in [1.807, 2.05) is 13.0 Å². The van der Waals surface area contributed by atoms with Crippen molar-refractivity contribution in [1.82, 2.24) is 5.32 Å². The number of nitrogens with one attached hydrogen (secondary N) is 3. The molecule has 19 heavy (non-hydrogen) atoms. The van der Waals surface area contributed by atoms with Crippen LogP contribution in [0.15, 0.2) is 18.2 Å². The number of hydrogen-bond donors (Lipinski definition) is 3. The number of unbranched alkanes of at least 4 members (excludes halogenated alkanes) is 1. The fourth-order valence-electron chi connectivity index (χ4n) is 1.58. The maximum Gasteiger partial charge on any atom is 0.319 e. The average Bonchev–Trinajstić information content (AvgIpc) is 2.33. The zero-order valence-corrected chi connectivity index (χ0v) is 11.7. The van der Waals surface area contributed by atoms with Gasteiger partial charge in [0.05, 0.1) is 0 Å². The number of amides is 3. The summed E-state index contributed by atoms with van der Waals surface area (Å²) in [6.07, 6.45) is 2.00. The van der Waals surface area contributed by atoms with E-state index in [-0.39, 0.29) is 11.9 Å². The summed E-state index contributed by atoms with van der Waals surface area (Å²) in [4.78, 5) is 22.7. The van der Waals surface area contributed by atoms with Crippen LogP contribution in [-0.2, 0) is 4.79 Å². The first-order valence-electron chi connectivity index (χ1n) is 6.46. The minimum Gasteiger partial charge on any atom is -0.338 e. The highest BCUT2D eigenvalue weighted by molar-refractivity contribution is 5.93. The molecule has 0 radical (unpaired) electrons. The summed E-state index contributed by atoms with van der Waals surface area (Å²) < 4.78 is 0. The first-order valence-corrected chi connectivity index (χ1v) is 6.46. The Morgan fingerprint density at radius 2 is 1.95 bits per heavy atom. The number of benzene rings is 1. The van der Waals surface area contributed by atoms with Crippen LogP contribution in [0.25, 0.3) is 0 Å². The number of carbonyl (C=O) groups excluding carboxylic acids is 2. The van der Waals surface area contributed by atoms with Crippen molar-refractivity contribution in [2.24, 2.45) is 0 Å². The lowest BCUT2D eigenvalue weighted by molar-refractivity contribution is -0.114. The van der Waals surface area contributed by atoms with Crippen molar-refractivity contribution >= 4 is 23.3 Å². The Hall–Kier alpha value is -2.04. The number of aryl methyl sites for hydroxylation is 1. The summed E-state index contributed by atoms with van der Waals surface area (Å²) in [5.41, 5.74) is 2.31. The Morgan fingerprint density at radius 3 is 2.58 bits per heavy atom. The third-order valence-corrected chi connectivity index (χ3v) is 2.62. The quantitative estimate of drug-likeness (QED) is 0.715. The van der Waals surface area contributed by atoms with E-state index in [0.717, 1.165) is 18.4 Å². The molecule has 104 valence electrons. The molecule has 1 aromatic rings. The van der Waals surface area contributed by atoms with Gasteiger partial charge in [0.25, 0.3) is 0 Å². The van der Waals surface area contributed by atoms with Crippen LogP contribution in [0.4, 0.5) is 16.2 Å². The summed E-state index contributed by atoms with van der Waals surface area (Å²) in [6.45, 7) is 6.08. The van der Waals surface area contributed by atoms with Crippen LogP contribution in [0, 0.1) is 6.92 Å². The smallest absolute Gasteiger partial charge is 0.319 e. The maximum absolute atomic E-state index is 11.7. The molecule has 0 aliphatic carbocycles. The van der Waals surface area contributed by atoms with Gasteiger partial charge in [-0.05, 0) is 31.0 Å². The van der Waals surface area contributed by atoms with Crippen LogP contribution in [0.5, 0.6) is 0 Å². The molecule has 1 aromatic carbocycles. The van der Waals surface area contributed by atoms with Gasteiger partial charge in [0.2, 0.25) is 5.91 Å². The van der Waals surface area contributed by atoms with Gasteiger partial charge < -0.3 is 16.0 Å². The number of urea groups is 1. The summed E-state index contributed by atoms with van der Waals surface area (Å²) in [5, 5.41) is 8.25. The molecule has 5 nitrogen and oxygen atoms in total. The average molecular weight is 263 g/mol. The minimum absolute atomic E-state index is 0.137. The Morgan fingerprint density at radius 1 is 1.21 bits per heavy atom. The normalized spacial score (nSPS) is 9.84. The molecule has 0 atom stereocenters. The highest BCUT2D eigenvalue weighted by Gasteiger charge is 2.05. The second-order valence-electron chi connectivity index (χ2n) is 4.45. The number of anilines is 2. The van der Waals surface area contributed by atoms with E-state index >= 15 is 0 Å². The number of carbonyl (C=O) groups is 2. The van der Waals surface area contributed by atoms with Gasteiger partial charge >= 0.3 is 6.03 Å². The third-order valence-electron chi connectivity index (χ3n) is 2.62. The van der Waals surface area contributed by atoms with Gasteiger partial charge in [-0.15, -0.1) is 0 Å². The standard InChI is InChI=1S/C14H21N3O2/c1-4-5-8-15-14(19)17-13-9-12(16-11(3)18)7-6-10(13)2/h6-7,9H,4-5,8H2,1-3H3,(H,16,18)(H2,15,17,19). The van der Waals surface area contributed by atoms with E-state index in [1.54, 1.807) is 12.1 Å². The Kier molecular flexibility index (Phi) is 5.85. The molecule has 0 saturated carbocycles. The summed E-state index contributed by atoms with van der Waals surface area (Å²) in [6, 6.07) is 5.18. The molecule has 0 spiro atoms. The van der Waals surface area contributed by atoms with Crippen LogP contribution >= 0.6 is 0 Å². The zero-order valence-electron chi connectivity index (χ0n) is 11.7. The monoisotopic (exact) mass is 263 g/mol. The van der Waals surface area contributed by atoms with E-state index < -0.39 is 0 Å². The lowest BCUT2D eigenvalue weighted by Crippen LogP contribution is -2.29. The van der Waals surface area contributed by atoms with Crippen LogP contribution in [0.2, 0.25) is 0 Å². The van der Waals surface area contributed by atoms with E-state index in [1.165, 1.54) is 6.92 Å². The number of rotatable bonds is 5. The molecular formula is C14H21N3O2. The highest BCUT2D eigenvalue weighted by Crippen LogP contribution is 2.20. The second kappa shape index (κ2) is 7.41. The molecule has 0 heterocycles. The van der Waals surface area contributed by atoms with Crippen molar-refractivity contribution in [3.05, 3.63) is 23.8 Å². The zero-order chi connectivity index (χ0) is 14.3. The van der Waals surface area contributed by atoms with Crippen LogP contribution in [0.1, 0.15) is 32.3 Å². The molecule has 0 fully saturated rings. The van der Waals surface area contributed by atoms with E-state index in [2.05, 4.69) is 22.9 Å². The molecular weight excluding hydrogens is 242 g/mol. The molecule has 0 bridgehead atoms. The van der Waals surface area contributed by atoms with Crippen molar-refractivity contribution < 1.29 is 9.59 Å². The molecule has 3 N–H and O–H groups in total. The first-order chi connectivity index (χ1) is 9.02. The molecule has 0 saturated heterocycles. The SMILES string of the molecule is CCCCNC(=O)Nc1cc(NC(C)=O)ccc1C. The highest BCUT2D eigenvalue weighted by atomic mass is 16.2. The van der Waals surface area contributed by atoms with Crippen LogP contribution in [0.3, 0.4) is 0 Å². The summed E-state index contributed by atoms with van der Waals surface area (Å²) in [7, 11) is 0. The van der Waals surface area contributed by atoms with Crippen molar-refractivity contribution in [3.63, 3.8) is 0 Å². The molecule has 3 amide bonds. The summed E-state index contributed by atoms with van der Waals surface area (Å²) >= 11 is 0. The van der Waals surface area contributed by atoms with E-state index in [0.29, 0.717) is 17.9 Å². The second-order valence-corrected chi connectivity index (χ2v) is 4.45. The van der Waals surface area contributed by atoms with Gasteiger partial charge in [-0.2, -0.15) is 0 Å². The van der Waals surface area contributed by atoms with Gasteiger partial charge in [-0.3, -0.25) is 4.79 Å². The van der Waals surface area contributed by atoms with Gasteiger partial charge in [-0.1, -0.05) is 19.4 Å². The van der Waals surface area contributed by atoms with Gasteiger partial charge in [0, 0.05) is 24.8 Å². The molecule has 1 rings (SSSR count). The molecule has 0 aromatic heterocycles. The number of hydrogen-bond acceptors (Lipinski definition) is 2. The Labute approximate surface area is 113 Å². The third kappa shape index (κ3) is 5.42. The van der Waals surface area contributed by atoms with E-state index in [4.69, 9.17) is 0 Å². The maximum atomic E-state index is 11.7. The van der Waals surface area contributed by atoms with Gasteiger partial charge in [0.15, 0.2) is 0 Å². The lowest BCUT2D eigenvalue weighted by atomic mass is 10.2. The predicted octanol–water partition coefficient (Wildman–Crippen LogP) is 2.88. The molecule has 0 aliphatic heterocycles. The Balaban J connectivity index is 2.65. The molecule has 5 heteroatoms. The largest absolute Gasteiger partial charge is 0.338 e. The minimum atomic E-state index is -0.225. The first kappa shape index (κ1) is 15.0. The molecule has 0 unspecified atom stereocenters. The topological polar surface area (TPSA) is 70.2 Å². The molecule has 0 aliphatic rings. The van der Waals surface area contributed by atoms with Crippen molar-refractivity contribution in [1.29, 1.82) is 0 Å². The van der Waals surface area contributed by atoms with Crippen LogP contribution in [-0.4, -0.2) is 18.5 Å². The summed E-state index contributed by atoms with van der Waals surface area (Å²) in [5.74, 6) is -0.137. The van der Waals surface area contributed by atoms with Gasteiger partial charge in [-0.25, -0.2) is 4.79 Å². The predicted molar refractivity (Wildman–Crippen MR) is 77.4 cm³/mol. The van der Waals surface area contributed by atoms with Crippen LogP contribution < -0.4 is 16.0 Å².